The largest absolute Gasteiger partial charge is 0.386 e. The Kier molecular flexibility index (Phi) is 3.82. The van der Waals surface area contributed by atoms with Gasteiger partial charge in [0.05, 0.1) is 5.60 Å². The van der Waals surface area contributed by atoms with E-state index in [4.69, 9.17) is 11.6 Å². The molecule has 7 heteroatoms. The summed E-state index contributed by atoms with van der Waals surface area (Å²) in [5, 5.41) is 17.3. The van der Waals surface area contributed by atoms with Crippen LogP contribution in [0.4, 0.5) is 16.2 Å². The Morgan fingerprint density at radius 2 is 2.17 bits per heavy atom. The Hall–Kier alpha value is -2.05. The highest BCUT2D eigenvalue weighted by Crippen LogP contribution is 2.36. The molecular formula is C16H19ClN4O2. The van der Waals surface area contributed by atoms with Crippen molar-refractivity contribution in [2.45, 2.75) is 25.9 Å². The molecular weight excluding hydrogens is 316 g/mol. The van der Waals surface area contributed by atoms with E-state index in [0.717, 1.165) is 16.8 Å². The molecule has 0 fully saturated rings. The standard InChI is InChI=1S/C16H19ClN4O2/c1-16(2,23)11-5-4-6-13-10(11)7-8-21(13)15(22)18-12-9-20(3)19-14(12)17/h4-6,9,23H,7-8H2,1-3H3,(H,18,22). The summed E-state index contributed by atoms with van der Waals surface area (Å²) < 4.78 is 1.54. The second-order valence-corrected chi connectivity index (χ2v) is 6.56. The topological polar surface area (TPSA) is 70.4 Å². The van der Waals surface area contributed by atoms with Crippen molar-refractivity contribution in [1.82, 2.24) is 9.78 Å². The van der Waals surface area contributed by atoms with Gasteiger partial charge in [-0.15, -0.1) is 0 Å². The Bertz CT molecular complexity index is 764. The fourth-order valence-electron chi connectivity index (χ4n) is 2.95. The third-order valence-electron chi connectivity index (χ3n) is 3.96. The molecule has 0 spiro atoms. The highest BCUT2D eigenvalue weighted by atomic mass is 35.5. The van der Waals surface area contributed by atoms with E-state index in [1.807, 2.05) is 18.2 Å². The molecule has 1 aliphatic heterocycles. The number of aliphatic hydroxyl groups is 1. The van der Waals surface area contributed by atoms with Crippen molar-refractivity contribution in [2.24, 2.45) is 7.05 Å². The fourth-order valence-corrected chi connectivity index (χ4v) is 3.16. The van der Waals surface area contributed by atoms with Gasteiger partial charge in [0.25, 0.3) is 0 Å². The SMILES string of the molecule is Cn1cc(NC(=O)N2CCc3c2cccc3C(C)(C)O)c(Cl)n1. The van der Waals surface area contributed by atoms with Crippen molar-refractivity contribution in [3.8, 4) is 0 Å². The van der Waals surface area contributed by atoms with E-state index in [0.29, 0.717) is 18.7 Å². The maximum Gasteiger partial charge on any atom is 0.326 e. The van der Waals surface area contributed by atoms with Gasteiger partial charge in [0.2, 0.25) is 0 Å². The average molecular weight is 335 g/mol. The maximum atomic E-state index is 12.6. The van der Waals surface area contributed by atoms with Crippen LogP contribution in [-0.2, 0) is 19.1 Å². The van der Waals surface area contributed by atoms with Crippen LogP contribution in [0.2, 0.25) is 5.15 Å². The summed E-state index contributed by atoms with van der Waals surface area (Å²) in [6.07, 6.45) is 2.37. The fraction of sp³-hybridized carbons (Fsp3) is 0.375. The number of rotatable bonds is 2. The number of nitrogens with zero attached hydrogens (tertiary/aromatic N) is 3. The summed E-state index contributed by atoms with van der Waals surface area (Å²) in [7, 11) is 1.74. The van der Waals surface area contributed by atoms with E-state index in [9.17, 15) is 9.90 Å². The van der Waals surface area contributed by atoms with Gasteiger partial charge in [0.1, 0.15) is 5.69 Å². The Morgan fingerprint density at radius 3 is 2.78 bits per heavy atom. The third-order valence-corrected chi connectivity index (χ3v) is 4.24. The van der Waals surface area contributed by atoms with Crippen molar-refractivity contribution >= 4 is 29.0 Å². The summed E-state index contributed by atoms with van der Waals surface area (Å²) in [6, 6.07) is 5.39. The average Bonchev–Trinajstić information content (AvgIpc) is 3.01. The van der Waals surface area contributed by atoms with Crippen molar-refractivity contribution in [3.63, 3.8) is 0 Å². The quantitative estimate of drug-likeness (QED) is 0.887. The Morgan fingerprint density at radius 1 is 1.43 bits per heavy atom. The molecule has 6 nitrogen and oxygen atoms in total. The molecule has 1 aromatic heterocycles. The second kappa shape index (κ2) is 5.54. The van der Waals surface area contributed by atoms with Gasteiger partial charge in [-0.1, -0.05) is 23.7 Å². The first-order valence-corrected chi connectivity index (χ1v) is 7.77. The van der Waals surface area contributed by atoms with Crippen LogP contribution in [0.15, 0.2) is 24.4 Å². The lowest BCUT2D eigenvalue weighted by molar-refractivity contribution is 0.0778. The predicted octanol–water partition coefficient (Wildman–Crippen LogP) is 2.90. The van der Waals surface area contributed by atoms with Gasteiger partial charge in [-0.3, -0.25) is 9.58 Å². The first-order valence-electron chi connectivity index (χ1n) is 7.40. The molecule has 2 N–H and O–H groups in total. The summed E-state index contributed by atoms with van der Waals surface area (Å²) >= 11 is 5.98. The van der Waals surface area contributed by atoms with Crippen LogP contribution in [0.1, 0.15) is 25.0 Å². The molecule has 2 amide bonds. The summed E-state index contributed by atoms with van der Waals surface area (Å²) in [6.45, 7) is 4.06. The lowest BCUT2D eigenvalue weighted by Crippen LogP contribution is -2.33. The van der Waals surface area contributed by atoms with E-state index >= 15 is 0 Å². The monoisotopic (exact) mass is 334 g/mol. The number of benzene rings is 1. The summed E-state index contributed by atoms with van der Waals surface area (Å²) in [5.41, 5.74) is 2.22. The van der Waals surface area contributed by atoms with E-state index in [1.54, 1.807) is 36.7 Å². The molecule has 1 aliphatic rings. The number of carbonyl (C=O) groups is 1. The van der Waals surface area contributed by atoms with Crippen LogP contribution < -0.4 is 10.2 Å². The molecule has 122 valence electrons. The molecule has 0 saturated heterocycles. The first kappa shape index (κ1) is 15.8. The van der Waals surface area contributed by atoms with Crippen LogP contribution in [0, 0.1) is 0 Å². The molecule has 1 aromatic carbocycles. The van der Waals surface area contributed by atoms with Gasteiger partial charge in [-0.25, -0.2) is 4.79 Å². The smallest absolute Gasteiger partial charge is 0.326 e. The van der Waals surface area contributed by atoms with Crippen LogP contribution in [0.25, 0.3) is 0 Å². The molecule has 0 atom stereocenters. The first-order chi connectivity index (χ1) is 10.8. The number of hydrogen-bond donors (Lipinski definition) is 2. The number of hydrogen-bond acceptors (Lipinski definition) is 3. The van der Waals surface area contributed by atoms with Crippen LogP contribution in [-0.4, -0.2) is 27.5 Å². The van der Waals surface area contributed by atoms with Gasteiger partial charge in [0.15, 0.2) is 5.15 Å². The zero-order chi connectivity index (χ0) is 16.8. The normalized spacial score (nSPS) is 14.0. The zero-order valence-corrected chi connectivity index (χ0v) is 14.1. The van der Waals surface area contributed by atoms with Gasteiger partial charge in [0, 0.05) is 25.5 Å². The lowest BCUT2D eigenvalue weighted by atomic mass is 9.92. The van der Waals surface area contributed by atoms with E-state index in [-0.39, 0.29) is 11.2 Å². The second-order valence-electron chi connectivity index (χ2n) is 6.20. The lowest BCUT2D eigenvalue weighted by Gasteiger charge is -2.22. The summed E-state index contributed by atoms with van der Waals surface area (Å²) in [4.78, 5) is 14.2. The van der Waals surface area contributed by atoms with Crippen molar-refractivity contribution in [1.29, 1.82) is 0 Å². The third kappa shape index (κ3) is 2.92. The number of anilines is 2. The number of nitrogens with one attached hydrogen (secondary N) is 1. The highest BCUT2D eigenvalue weighted by molar-refractivity contribution is 6.32. The number of aryl methyl sites for hydroxylation is 1. The minimum absolute atomic E-state index is 0.255. The maximum absolute atomic E-state index is 12.6. The Balaban J connectivity index is 1.88. The Labute approximate surface area is 139 Å². The van der Waals surface area contributed by atoms with Crippen LogP contribution >= 0.6 is 11.6 Å². The zero-order valence-electron chi connectivity index (χ0n) is 13.3. The molecule has 3 rings (SSSR count). The minimum atomic E-state index is -0.940. The van der Waals surface area contributed by atoms with Gasteiger partial charge >= 0.3 is 6.03 Å². The van der Waals surface area contributed by atoms with Gasteiger partial charge < -0.3 is 10.4 Å². The van der Waals surface area contributed by atoms with Crippen molar-refractivity contribution in [2.75, 3.05) is 16.8 Å². The number of carbonyl (C=O) groups excluding carboxylic acids is 1. The number of aromatic nitrogens is 2. The number of halogens is 1. The highest BCUT2D eigenvalue weighted by Gasteiger charge is 2.30. The molecule has 2 aromatic rings. The van der Waals surface area contributed by atoms with E-state index < -0.39 is 5.60 Å². The minimum Gasteiger partial charge on any atom is -0.386 e. The van der Waals surface area contributed by atoms with Crippen LogP contribution in [0.3, 0.4) is 0 Å². The number of amides is 2. The molecule has 2 heterocycles. The molecule has 0 bridgehead atoms. The van der Waals surface area contributed by atoms with E-state index in [1.165, 1.54) is 0 Å². The molecule has 0 radical (unpaired) electrons. The number of fused-ring (bicyclic) bond motifs is 1. The number of urea groups is 1. The van der Waals surface area contributed by atoms with E-state index in [2.05, 4.69) is 10.4 Å². The molecule has 23 heavy (non-hydrogen) atoms. The summed E-state index contributed by atoms with van der Waals surface area (Å²) in [5.74, 6) is 0. The van der Waals surface area contributed by atoms with Crippen molar-refractivity contribution in [3.05, 3.63) is 40.7 Å². The van der Waals surface area contributed by atoms with Crippen molar-refractivity contribution < 1.29 is 9.90 Å². The van der Waals surface area contributed by atoms with Crippen LogP contribution in [0.5, 0.6) is 0 Å². The van der Waals surface area contributed by atoms with Gasteiger partial charge in [-0.05, 0) is 37.5 Å². The van der Waals surface area contributed by atoms with Gasteiger partial charge in [-0.2, -0.15) is 5.10 Å². The molecule has 0 unspecified atom stereocenters. The predicted molar refractivity (Wildman–Crippen MR) is 90.0 cm³/mol. The molecule has 0 aliphatic carbocycles. The molecule has 0 saturated carbocycles.